The lowest BCUT2D eigenvalue weighted by Crippen LogP contribution is -2.48. The number of aliphatic hydroxyl groups excluding tert-OH is 1. The van der Waals surface area contributed by atoms with Crippen LogP contribution in [0.5, 0.6) is 0 Å². The van der Waals surface area contributed by atoms with Gasteiger partial charge in [-0.25, -0.2) is 0 Å². The number of carbonyl (C=O) groups excluding carboxylic acids is 1. The van der Waals surface area contributed by atoms with E-state index in [9.17, 15) is 9.90 Å². The minimum Gasteiger partial charge on any atom is -0.392 e. The predicted molar refractivity (Wildman–Crippen MR) is 84.1 cm³/mol. The summed E-state index contributed by atoms with van der Waals surface area (Å²) in [6, 6.07) is 0.423. The second kappa shape index (κ2) is 7.23. The topological polar surface area (TPSA) is 40.5 Å². The molecule has 0 radical (unpaired) electrons. The summed E-state index contributed by atoms with van der Waals surface area (Å²) in [5, 5.41) is 10.5. The average Bonchev–Trinajstić information content (AvgIpc) is 3.11. The zero-order chi connectivity index (χ0) is 14.7. The number of aliphatic hydroxyl groups is 1. The van der Waals surface area contributed by atoms with E-state index in [1.807, 2.05) is 0 Å². The van der Waals surface area contributed by atoms with Crippen molar-refractivity contribution in [3.05, 3.63) is 0 Å². The molecular formula is C18H31NO2. The molecule has 3 heteroatoms. The molecule has 3 unspecified atom stereocenters. The fraction of sp³-hybridized carbons (Fsp3) is 0.944. The van der Waals surface area contributed by atoms with Crippen molar-refractivity contribution >= 4 is 5.78 Å². The Labute approximate surface area is 129 Å². The molecule has 1 N–H and O–H groups in total. The fourth-order valence-electron chi connectivity index (χ4n) is 4.92. The summed E-state index contributed by atoms with van der Waals surface area (Å²) in [4.78, 5) is 14.5. The first kappa shape index (κ1) is 15.5. The molecule has 0 amide bonds. The van der Waals surface area contributed by atoms with Crippen LogP contribution in [0.2, 0.25) is 0 Å². The maximum Gasteiger partial charge on any atom is 0.137 e. The zero-order valence-electron chi connectivity index (χ0n) is 13.3. The number of likely N-dealkylation sites (tertiary alicyclic amines) is 1. The van der Waals surface area contributed by atoms with E-state index < -0.39 is 0 Å². The van der Waals surface area contributed by atoms with Crippen LogP contribution in [0.3, 0.4) is 0 Å². The molecule has 0 aromatic heterocycles. The van der Waals surface area contributed by atoms with Crippen LogP contribution in [0.1, 0.15) is 70.6 Å². The number of β-amino-alcohol motifs (C(OH)–C–C–N with tert-alkyl or cyclic N) is 1. The number of hydrogen-bond acceptors (Lipinski definition) is 3. The summed E-state index contributed by atoms with van der Waals surface area (Å²) in [7, 11) is 0. The van der Waals surface area contributed by atoms with Gasteiger partial charge in [-0.3, -0.25) is 9.69 Å². The van der Waals surface area contributed by atoms with Crippen LogP contribution in [-0.4, -0.2) is 41.0 Å². The molecule has 1 saturated heterocycles. The van der Waals surface area contributed by atoms with Gasteiger partial charge in [-0.1, -0.05) is 32.1 Å². The number of ketones is 1. The van der Waals surface area contributed by atoms with E-state index in [1.165, 1.54) is 38.5 Å². The molecule has 0 aromatic rings. The monoisotopic (exact) mass is 293 g/mol. The molecule has 3 atom stereocenters. The Kier molecular flexibility index (Phi) is 5.33. The normalized spacial score (nSPS) is 33.7. The highest BCUT2D eigenvalue weighted by Crippen LogP contribution is 2.34. The number of carbonyl (C=O) groups is 1. The van der Waals surface area contributed by atoms with E-state index in [0.29, 0.717) is 11.8 Å². The van der Waals surface area contributed by atoms with Crippen LogP contribution in [0, 0.1) is 11.8 Å². The fourth-order valence-corrected chi connectivity index (χ4v) is 4.92. The van der Waals surface area contributed by atoms with E-state index in [0.717, 1.165) is 51.1 Å². The van der Waals surface area contributed by atoms with Gasteiger partial charge in [0.2, 0.25) is 0 Å². The van der Waals surface area contributed by atoms with Crippen molar-refractivity contribution in [2.45, 2.75) is 82.8 Å². The second-order valence-corrected chi connectivity index (χ2v) is 7.56. The summed E-state index contributed by atoms with van der Waals surface area (Å²) in [5.41, 5.74) is 0. The van der Waals surface area contributed by atoms with Gasteiger partial charge in [0.15, 0.2) is 0 Å². The number of Topliss-reactive ketones (excluding diaryl/α,β-unsaturated/α-hetero) is 1. The van der Waals surface area contributed by atoms with Crippen LogP contribution >= 0.6 is 0 Å². The van der Waals surface area contributed by atoms with Gasteiger partial charge in [0.25, 0.3) is 0 Å². The van der Waals surface area contributed by atoms with E-state index >= 15 is 0 Å². The third kappa shape index (κ3) is 3.87. The van der Waals surface area contributed by atoms with Gasteiger partial charge in [0.05, 0.1) is 6.10 Å². The molecule has 3 nitrogen and oxygen atoms in total. The molecule has 120 valence electrons. The van der Waals surface area contributed by atoms with Crippen molar-refractivity contribution in [1.29, 1.82) is 0 Å². The lowest BCUT2D eigenvalue weighted by molar-refractivity contribution is -0.123. The molecule has 2 saturated carbocycles. The van der Waals surface area contributed by atoms with E-state index in [-0.39, 0.29) is 12.0 Å². The summed E-state index contributed by atoms with van der Waals surface area (Å²) < 4.78 is 0. The SMILES string of the molecule is O=C1CCCC1C1CCCCN1CC(O)CC1CCCC1. The third-order valence-corrected chi connectivity index (χ3v) is 6.01. The predicted octanol–water partition coefficient (Wildman–Crippen LogP) is 3.15. The maximum absolute atomic E-state index is 12.1. The van der Waals surface area contributed by atoms with Gasteiger partial charge in [0.1, 0.15) is 5.78 Å². The van der Waals surface area contributed by atoms with Crippen molar-refractivity contribution in [3.63, 3.8) is 0 Å². The van der Waals surface area contributed by atoms with E-state index in [2.05, 4.69) is 4.90 Å². The molecule has 0 spiro atoms. The average molecular weight is 293 g/mol. The molecule has 1 heterocycles. The van der Waals surface area contributed by atoms with Crippen molar-refractivity contribution in [1.82, 2.24) is 4.90 Å². The van der Waals surface area contributed by atoms with Crippen molar-refractivity contribution in [3.8, 4) is 0 Å². The highest BCUT2D eigenvalue weighted by molar-refractivity contribution is 5.83. The first-order valence-electron chi connectivity index (χ1n) is 9.19. The second-order valence-electron chi connectivity index (χ2n) is 7.56. The number of rotatable bonds is 5. The van der Waals surface area contributed by atoms with E-state index in [4.69, 9.17) is 0 Å². The molecule has 3 rings (SSSR count). The molecule has 1 aliphatic heterocycles. The van der Waals surface area contributed by atoms with Gasteiger partial charge >= 0.3 is 0 Å². The maximum atomic E-state index is 12.1. The quantitative estimate of drug-likeness (QED) is 0.846. The van der Waals surface area contributed by atoms with Gasteiger partial charge in [-0.15, -0.1) is 0 Å². The smallest absolute Gasteiger partial charge is 0.137 e. The van der Waals surface area contributed by atoms with Crippen LogP contribution < -0.4 is 0 Å². The van der Waals surface area contributed by atoms with Crippen LogP contribution in [0.25, 0.3) is 0 Å². The first-order chi connectivity index (χ1) is 10.2. The van der Waals surface area contributed by atoms with Crippen molar-refractivity contribution in [2.24, 2.45) is 11.8 Å². The Morgan fingerprint density at radius 2 is 1.81 bits per heavy atom. The highest BCUT2D eigenvalue weighted by Gasteiger charge is 2.37. The van der Waals surface area contributed by atoms with Crippen molar-refractivity contribution in [2.75, 3.05) is 13.1 Å². The first-order valence-corrected chi connectivity index (χ1v) is 9.19. The summed E-state index contributed by atoms with van der Waals surface area (Å²) in [5.74, 6) is 1.50. The Hall–Kier alpha value is -0.410. The van der Waals surface area contributed by atoms with Crippen LogP contribution in [0.4, 0.5) is 0 Å². The highest BCUT2D eigenvalue weighted by atomic mass is 16.3. The van der Waals surface area contributed by atoms with Gasteiger partial charge in [-0.2, -0.15) is 0 Å². The molecule has 0 bridgehead atoms. The summed E-state index contributed by atoms with van der Waals surface area (Å²) >= 11 is 0. The molecule has 3 aliphatic rings. The number of nitrogens with zero attached hydrogens (tertiary/aromatic N) is 1. The van der Waals surface area contributed by atoms with Gasteiger partial charge < -0.3 is 5.11 Å². The minimum absolute atomic E-state index is 0.190. The third-order valence-electron chi connectivity index (χ3n) is 6.01. The minimum atomic E-state index is -0.190. The lowest BCUT2D eigenvalue weighted by atomic mass is 9.88. The number of hydrogen-bond donors (Lipinski definition) is 1. The van der Waals surface area contributed by atoms with Gasteiger partial charge in [0, 0.05) is 24.9 Å². The van der Waals surface area contributed by atoms with E-state index in [1.54, 1.807) is 0 Å². The Morgan fingerprint density at radius 1 is 1.05 bits per heavy atom. The van der Waals surface area contributed by atoms with Gasteiger partial charge in [-0.05, 0) is 44.6 Å². The Morgan fingerprint density at radius 3 is 2.52 bits per heavy atom. The molecule has 3 fully saturated rings. The lowest BCUT2D eigenvalue weighted by Gasteiger charge is -2.40. The largest absolute Gasteiger partial charge is 0.392 e. The van der Waals surface area contributed by atoms with Crippen LogP contribution in [-0.2, 0) is 4.79 Å². The Balaban J connectivity index is 1.54. The summed E-state index contributed by atoms with van der Waals surface area (Å²) in [6.07, 6.45) is 12.7. The molecule has 0 aromatic carbocycles. The molecular weight excluding hydrogens is 262 g/mol. The Bertz CT molecular complexity index is 351. The van der Waals surface area contributed by atoms with Crippen molar-refractivity contribution < 1.29 is 9.90 Å². The van der Waals surface area contributed by atoms with Crippen LogP contribution in [0.15, 0.2) is 0 Å². The standard InChI is InChI=1S/C18H31NO2/c20-15(12-14-6-1-2-7-14)13-19-11-4-3-9-17(19)16-8-5-10-18(16)21/h14-17,20H,1-13H2. The molecule has 2 aliphatic carbocycles. The summed E-state index contributed by atoms with van der Waals surface area (Å²) in [6.45, 7) is 1.88. The zero-order valence-corrected chi connectivity index (χ0v) is 13.3. The number of piperidine rings is 1. The molecule has 21 heavy (non-hydrogen) atoms.